The van der Waals surface area contributed by atoms with Gasteiger partial charge in [0.1, 0.15) is 0 Å². The summed E-state index contributed by atoms with van der Waals surface area (Å²) in [6.45, 7) is 4.21. The van der Waals surface area contributed by atoms with E-state index >= 15 is 0 Å². The second-order valence-electron chi connectivity index (χ2n) is 5.28. The van der Waals surface area contributed by atoms with E-state index in [0.29, 0.717) is 26.5 Å². The standard InChI is InChI=1S/C18H20BrNO4/c1-3-22-18-13(14(19)5-7-16(18)21-2)10-20-9-12-4-6-15-17(8-12)24-11-23-15/h4-8,20H,3,9-11H2,1-2H3. The number of hydrogen-bond acceptors (Lipinski definition) is 5. The number of fused-ring (bicyclic) bond motifs is 1. The van der Waals surface area contributed by atoms with E-state index < -0.39 is 0 Å². The molecule has 1 N–H and O–H groups in total. The molecule has 0 amide bonds. The van der Waals surface area contributed by atoms with Crippen LogP contribution in [0.4, 0.5) is 0 Å². The summed E-state index contributed by atoms with van der Waals surface area (Å²) < 4.78 is 22.9. The Balaban J connectivity index is 1.70. The van der Waals surface area contributed by atoms with E-state index in [1.165, 1.54) is 0 Å². The van der Waals surface area contributed by atoms with Gasteiger partial charge in [0.25, 0.3) is 0 Å². The maximum atomic E-state index is 5.77. The monoisotopic (exact) mass is 393 g/mol. The highest BCUT2D eigenvalue weighted by Gasteiger charge is 2.15. The summed E-state index contributed by atoms with van der Waals surface area (Å²) in [6, 6.07) is 9.84. The Labute approximate surface area is 150 Å². The largest absolute Gasteiger partial charge is 0.493 e. The number of ether oxygens (including phenoxy) is 4. The van der Waals surface area contributed by atoms with Gasteiger partial charge >= 0.3 is 0 Å². The molecular formula is C18H20BrNO4. The van der Waals surface area contributed by atoms with E-state index in [0.717, 1.165) is 38.6 Å². The van der Waals surface area contributed by atoms with Crippen LogP contribution in [0.2, 0.25) is 0 Å². The zero-order valence-electron chi connectivity index (χ0n) is 13.7. The van der Waals surface area contributed by atoms with Gasteiger partial charge in [-0.2, -0.15) is 0 Å². The van der Waals surface area contributed by atoms with Gasteiger partial charge in [0.2, 0.25) is 6.79 Å². The van der Waals surface area contributed by atoms with Gasteiger partial charge in [-0.3, -0.25) is 0 Å². The minimum absolute atomic E-state index is 0.292. The van der Waals surface area contributed by atoms with Crippen LogP contribution in [-0.4, -0.2) is 20.5 Å². The Kier molecular flexibility index (Phi) is 5.48. The second kappa shape index (κ2) is 7.77. The summed E-state index contributed by atoms with van der Waals surface area (Å²) in [4.78, 5) is 0. The van der Waals surface area contributed by atoms with Crippen molar-refractivity contribution in [3.05, 3.63) is 45.9 Å². The van der Waals surface area contributed by atoms with Crippen molar-refractivity contribution in [1.29, 1.82) is 0 Å². The predicted octanol–water partition coefficient (Wildman–Crippen LogP) is 3.87. The SMILES string of the molecule is CCOc1c(OC)ccc(Br)c1CNCc1ccc2c(c1)OCO2. The molecule has 3 rings (SSSR count). The Hall–Kier alpha value is -1.92. The highest BCUT2D eigenvalue weighted by molar-refractivity contribution is 9.10. The van der Waals surface area contributed by atoms with Gasteiger partial charge in [0.05, 0.1) is 13.7 Å². The van der Waals surface area contributed by atoms with E-state index in [1.54, 1.807) is 7.11 Å². The molecule has 128 valence electrons. The van der Waals surface area contributed by atoms with Crippen molar-refractivity contribution >= 4 is 15.9 Å². The fourth-order valence-electron chi connectivity index (χ4n) is 2.59. The topological polar surface area (TPSA) is 49.0 Å². The zero-order valence-corrected chi connectivity index (χ0v) is 15.3. The van der Waals surface area contributed by atoms with Crippen molar-refractivity contribution in [3.8, 4) is 23.0 Å². The summed E-state index contributed by atoms with van der Waals surface area (Å²) in [7, 11) is 1.65. The molecule has 0 fully saturated rings. The Bertz CT molecular complexity index is 720. The van der Waals surface area contributed by atoms with Crippen molar-refractivity contribution in [1.82, 2.24) is 5.32 Å². The van der Waals surface area contributed by atoms with Crippen LogP contribution in [0.15, 0.2) is 34.8 Å². The third-order valence-electron chi connectivity index (χ3n) is 3.74. The summed E-state index contributed by atoms with van der Waals surface area (Å²) in [5, 5.41) is 3.44. The molecule has 0 aromatic heterocycles. The van der Waals surface area contributed by atoms with Gasteiger partial charge in [-0.1, -0.05) is 22.0 Å². The molecular weight excluding hydrogens is 374 g/mol. The molecule has 24 heavy (non-hydrogen) atoms. The van der Waals surface area contributed by atoms with E-state index in [2.05, 4.69) is 21.2 Å². The molecule has 0 saturated carbocycles. The summed E-state index contributed by atoms with van der Waals surface area (Å²) in [5.41, 5.74) is 2.17. The average molecular weight is 394 g/mol. The lowest BCUT2D eigenvalue weighted by molar-refractivity contribution is 0.174. The average Bonchev–Trinajstić information content (AvgIpc) is 3.05. The number of halogens is 1. The molecule has 0 radical (unpaired) electrons. The molecule has 1 aliphatic heterocycles. The quantitative estimate of drug-likeness (QED) is 0.773. The molecule has 6 heteroatoms. The first-order valence-corrected chi connectivity index (χ1v) is 8.59. The van der Waals surface area contributed by atoms with Crippen LogP contribution in [0.3, 0.4) is 0 Å². The number of rotatable bonds is 7. The Morgan fingerprint density at radius 1 is 1.12 bits per heavy atom. The van der Waals surface area contributed by atoms with Crippen molar-refractivity contribution in [2.75, 3.05) is 20.5 Å². The van der Waals surface area contributed by atoms with E-state index in [4.69, 9.17) is 18.9 Å². The number of nitrogens with one attached hydrogen (secondary N) is 1. The lowest BCUT2D eigenvalue weighted by Gasteiger charge is -2.16. The van der Waals surface area contributed by atoms with Crippen LogP contribution in [0.1, 0.15) is 18.1 Å². The second-order valence-corrected chi connectivity index (χ2v) is 6.14. The molecule has 2 aromatic rings. The lowest BCUT2D eigenvalue weighted by Crippen LogP contribution is -2.14. The molecule has 0 saturated heterocycles. The van der Waals surface area contributed by atoms with Crippen molar-refractivity contribution in [2.45, 2.75) is 20.0 Å². The van der Waals surface area contributed by atoms with Gasteiger partial charge in [-0.15, -0.1) is 0 Å². The fraction of sp³-hybridized carbons (Fsp3) is 0.333. The van der Waals surface area contributed by atoms with Gasteiger partial charge < -0.3 is 24.3 Å². The minimum Gasteiger partial charge on any atom is -0.493 e. The molecule has 0 bridgehead atoms. The number of benzene rings is 2. The van der Waals surface area contributed by atoms with E-state index in [-0.39, 0.29) is 0 Å². The third-order valence-corrected chi connectivity index (χ3v) is 4.49. The van der Waals surface area contributed by atoms with Crippen LogP contribution in [0, 0.1) is 0 Å². The van der Waals surface area contributed by atoms with Gasteiger partial charge in [0, 0.05) is 23.1 Å². The Morgan fingerprint density at radius 2 is 1.96 bits per heavy atom. The van der Waals surface area contributed by atoms with Crippen LogP contribution in [0.25, 0.3) is 0 Å². The first-order chi connectivity index (χ1) is 11.7. The summed E-state index contributed by atoms with van der Waals surface area (Å²) in [5.74, 6) is 3.10. The summed E-state index contributed by atoms with van der Waals surface area (Å²) >= 11 is 3.60. The van der Waals surface area contributed by atoms with Gasteiger partial charge in [-0.05, 0) is 36.8 Å². The predicted molar refractivity (Wildman–Crippen MR) is 95.0 cm³/mol. The highest BCUT2D eigenvalue weighted by Crippen LogP contribution is 2.36. The number of methoxy groups -OCH3 is 1. The molecule has 1 aliphatic rings. The Morgan fingerprint density at radius 3 is 2.75 bits per heavy atom. The molecule has 1 heterocycles. The van der Waals surface area contributed by atoms with Crippen molar-refractivity contribution < 1.29 is 18.9 Å². The molecule has 2 aromatic carbocycles. The molecule has 0 unspecified atom stereocenters. The molecule has 0 aliphatic carbocycles. The van der Waals surface area contributed by atoms with Gasteiger partial charge in [0.15, 0.2) is 23.0 Å². The maximum Gasteiger partial charge on any atom is 0.231 e. The normalized spacial score (nSPS) is 12.3. The molecule has 5 nitrogen and oxygen atoms in total. The smallest absolute Gasteiger partial charge is 0.231 e. The fourth-order valence-corrected chi connectivity index (χ4v) is 3.05. The van der Waals surface area contributed by atoms with Crippen LogP contribution < -0.4 is 24.3 Å². The van der Waals surface area contributed by atoms with Crippen molar-refractivity contribution in [2.24, 2.45) is 0 Å². The first kappa shape index (κ1) is 16.9. The minimum atomic E-state index is 0.292. The first-order valence-electron chi connectivity index (χ1n) is 7.80. The van der Waals surface area contributed by atoms with Gasteiger partial charge in [-0.25, -0.2) is 0 Å². The van der Waals surface area contributed by atoms with E-state index in [9.17, 15) is 0 Å². The zero-order chi connectivity index (χ0) is 16.9. The van der Waals surface area contributed by atoms with Crippen LogP contribution in [-0.2, 0) is 13.1 Å². The number of hydrogen-bond donors (Lipinski definition) is 1. The van der Waals surface area contributed by atoms with Crippen LogP contribution >= 0.6 is 15.9 Å². The van der Waals surface area contributed by atoms with Crippen molar-refractivity contribution in [3.63, 3.8) is 0 Å². The maximum absolute atomic E-state index is 5.77. The van der Waals surface area contributed by atoms with E-state index in [1.807, 2.05) is 37.3 Å². The third kappa shape index (κ3) is 3.60. The summed E-state index contributed by atoms with van der Waals surface area (Å²) in [6.07, 6.45) is 0. The van der Waals surface area contributed by atoms with Crippen LogP contribution in [0.5, 0.6) is 23.0 Å². The lowest BCUT2D eigenvalue weighted by atomic mass is 10.1. The highest BCUT2D eigenvalue weighted by atomic mass is 79.9. The molecule has 0 atom stereocenters. The molecule has 0 spiro atoms.